The summed E-state index contributed by atoms with van der Waals surface area (Å²) in [7, 11) is 0. The Morgan fingerprint density at radius 1 is 1.52 bits per heavy atom. The monoisotopic (exact) mass is 334 g/mol. The first-order valence-corrected chi connectivity index (χ1v) is 8.92. The van der Waals surface area contributed by atoms with Crippen LogP contribution >= 0.6 is 11.3 Å². The highest BCUT2D eigenvalue weighted by Gasteiger charge is 2.23. The molecule has 6 heteroatoms. The minimum Gasteiger partial charge on any atom is -0.464 e. The lowest BCUT2D eigenvalue weighted by atomic mass is 9.89. The molecule has 0 radical (unpaired) electrons. The molecule has 0 aliphatic heterocycles. The summed E-state index contributed by atoms with van der Waals surface area (Å²) in [6.45, 7) is 6.49. The third-order valence-electron chi connectivity index (χ3n) is 4.16. The van der Waals surface area contributed by atoms with E-state index in [1.807, 2.05) is 13.8 Å². The molecule has 2 aromatic heterocycles. The minimum absolute atomic E-state index is 0.0739. The van der Waals surface area contributed by atoms with Crippen molar-refractivity contribution < 1.29 is 9.53 Å². The average Bonchev–Trinajstić information content (AvgIpc) is 2.86. The van der Waals surface area contributed by atoms with Crippen molar-refractivity contribution >= 4 is 27.5 Å². The van der Waals surface area contributed by atoms with Gasteiger partial charge in [0.05, 0.1) is 18.3 Å². The summed E-state index contributed by atoms with van der Waals surface area (Å²) in [5.74, 6) is 0.547. The molecule has 0 N–H and O–H groups in total. The lowest BCUT2D eigenvalue weighted by Crippen LogP contribution is -2.26. The van der Waals surface area contributed by atoms with Crippen LogP contribution in [0.25, 0.3) is 10.2 Å². The molecular formula is C17H22N2O3S. The van der Waals surface area contributed by atoms with Crippen LogP contribution in [0.4, 0.5) is 0 Å². The van der Waals surface area contributed by atoms with E-state index in [0.29, 0.717) is 17.9 Å². The standard InChI is InChI=1S/C17H22N2O3S/c1-10(2)8-22-14(20)7-19-9-18-16-15(17(19)21)12-5-4-11(3)6-13(12)23-16/h9-11H,4-8H2,1-3H3. The number of hydrogen-bond donors (Lipinski definition) is 0. The van der Waals surface area contributed by atoms with Gasteiger partial charge in [-0.3, -0.25) is 14.2 Å². The first-order chi connectivity index (χ1) is 11.0. The van der Waals surface area contributed by atoms with E-state index in [1.165, 1.54) is 15.8 Å². The SMILES string of the molecule is CC(C)COC(=O)Cn1cnc2sc3c(c2c1=O)CCC(C)C3. The highest BCUT2D eigenvalue weighted by atomic mass is 32.1. The molecule has 0 amide bonds. The molecule has 1 atom stereocenters. The van der Waals surface area contributed by atoms with Gasteiger partial charge in [-0.15, -0.1) is 11.3 Å². The molecule has 124 valence electrons. The van der Waals surface area contributed by atoms with Crippen molar-refractivity contribution in [1.82, 2.24) is 9.55 Å². The van der Waals surface area contributed by atoms with Crippen LogP contribution < -0.4 is 5.56 Å². The van der Waals surface area contributed by atoms with Crippen LogP contribution in [-0.4, -0.2) is 22.1 Å². The van der Waals surface area contributed by atoms with E-state index in [9.17, 15) is 9.59 Å². The Bertz CT molecular complexity index is 791. The van der Waals surface area contributed by atoms with Crippen molar-refractivity contribution in [3.63, 3.8) is 0 Å². The Morgan fingerprint density at radius 3 is 3.04 bits per heavy atom. The van der Waals surface area contributed by atoms with E-state index in [1.54, 1.807) is 11.3 Å². The maximum atomic E-state index is 12.7. The van der Waals surface area contributed by atoms with Gasteiger partial charge in [0.1, 0.15) is 11.4 Å². The maximum absolute atomic E-state index is 12.7. The van der Waals surface area contributed by atoms with Crippen LogP contribution in [0.1, 0.15) is 37.6 Å². The van der Waals surface area contributed by atoms with Crippen LogP contribution in [0.3, 0.4) is 0 Å². The summed E-state index contributed by atoms with van der Waals surface area (Å²) in [6.07, 6.45) is 4.51. The van der Waals surface area contributed by atoms with Gasteiger partial charge >= 0.3 is 5.97 Å². The van der Waals surface area contributed by atoms with Crippen LogP contribution in [0.2, 0.25) is 0 Å². The average molecular weight is 334 g/mol. The van der Waals surface area contributed by atoms with E-state index in [-0.39, 0.29) is 24.0 Å². The molecule has 2 heterocycles. The molecule has 1 aliphatic carbocycles. The van der Waals surface area contributed by atoms with Gasteiger partial charge < -0.3 is 4.74 Å². The van der Waals surface area contributed by atoms with E-state index < -0.39 is 0 Å². The molecular weight excluding hydrogens is 312 g/mol. The molecule has 3 rings (SSSR count). The second-order valence-electron chi connectivity index (χ2n) is 6.79. The largest absolute Gasteiger partial charge is 0.464 e. The number of rotatable bonds is 4. The molecule has 1 aliphatic rings. The van der Waals surface area contributed by atoms with Crippen molar-refractivity contribution in [2.75, 3.05) is 6.61 Å². The number of carbonyl (C=O) groups is 1. The maximum Gasteiger partial charge on any atom is 0.326 e. The Labute approximate surface area is 139 Å². The van der Waals surface area contributed by atoms with Crippen LogP contribution in [0.5, 0.6) is 0 Å². The van der Waals surface area contributed by atoms with E-state index in [0.717, 1.165) is 29.7 Å². The van der Waals surface area contributed by atoms with E-state index >= 15 is 0 Å². The van der Waals surface area contributed by atoms with Crippen molar-refractivity contribution in [3.05, 3.63) is 27.1 Å². The van der Waals surface area contributed by atoms with Gasteiger partial charge in [-0.25, -0.2) is 4.98 Å². The summed E-state index contributed by atoms with van der Waals surface area (Å²) in [5, 5.41) is 0.705. The molecule has 5 nitrogen and oxygen atoms in total. The molecule has 0 saturated carbocycles. The summed E-state index contributed by atoms with van der Waals surface area (Å²) in [6, 6.07) is 0. The van der Waals surface area contributed by atoms with Gasteiger partial charge in [0.15, 0.2) is 0 Å². The van der Waals surface area contributed by atoms with Gasteiger partial charge in [-0.1, -0.05) is 20.8 Å². The normalized spacial score (nSPS) is 17.5. The smallest absolute Gasteiger partial charge is 0.326 e. The third kappa shape index (κ3) is 3.32. The summed E-state index contributed by atoms with van der Waals surface area (Å²) in [5.41, 5.74) is 1.02. The highest BCUT2D eigenvalue weighted by Crippen LogP contribution is 2.35. The van der Waals surface area contributed by atoms with Crippen molar-refractivity contribution in [2.45, 2.75) is 46.6 Å². The fourth-order valence-electron chi connectivity index (χ4n) is 2.92. The molecule has 2 aromatic rings. The Balaban J connectivity index is 1.90. The highest BCUT2D eigenvalue weighted by molar-refractivity contribution is 7.18. The van der Waals surface area contributed by atoms with E-state index in [2.05, 4.69) is 11.9 Å². The van der Waals surface area contributed by atoms with Gasteiger partial charge in [-0.05, 0) is 36.7 Å². The zero-order chi connectivity index (χ0) is 16.6. The van der Waals surface area contributed by atoms with Crippen molar-refractivity contribution in [1.29, 1.82) is 0 Å². The van der Waals surface area contributed by atoms with Crippen LogP contribution in [0.15, 0.2) is 11.1 Å². The number of fused-ring (bicyclic) bond motifs is 3. The number of esters is 1. The predicted molar refractivity (Wildman–Crippen MR) is 90.9 cm³/mol. The number of carbonyl (C=O) groups excluding carboxylic acids is 1. The molecule has 0 saturated heterocycles. The zero-order valence-electron chi connectivity index (χ0n) is 13.8. The van der Waals surface area contributed by atoms with Gasteiger partial charge in [0, 0.05) is 4.88 Å². The molecule has 0 spiro atoms. The topological polar surface area (TPSA) is 61.2 Å². The quantitative estimate of drug-likeness (QED) is 0.807. The second-order valence-corrected chi connectivity index (χ2v) is 7.87. The number of aromatic nitrogens is 2. The number of aryl methyl sites for hydroxylation is 1. The first-order valence-electron chi connectivity index (χ1n) is 8.11. The number of nitrogens with zero attached hydrogens (tertiary/aromatic N) is 2. The summed E-state index contributed by atoms with van der Waals surface area (Å²) in [4.78, 5) is 31.1. The second kappa shape index (κ2) is 6.43. The Kier molecular flexibility index (Phi) is 4.53. The lowest BCUT2D eigenvalue weighted by molar-refractivity contribution is -0.145. The van der Waals surface area contributed by atoms with Crippen molar-refractivity contribution in [2.24, 2.45) is 11.8 Å². The lowest BCUT2D eigenvalue weighted by Gasteiger charge is -2.17. The zero-order valence-corrected chi connectivity index (χ0v) is 14.6. The number of ether oxygens (including phenoxy) is 1. The summed E-state index contributed by atoms with van der Waals surface area (Å²) >= 11 is 1.62. The predicted octanol–water partition coefficient (Wildman–Crippen LogP) is 2.78. The fraction of sp³-hybridized carbons (Fsp3) is 0.588. The molecule has 23 heavy (non-hydrogen) atoms. The third-order valence-corrected chi connectivity index (χ3v) is 5.32. The van der Waals surface area contributed by atoms with Crippen LogP contribution in [0, 0.1) is 11.8 Å². The molecule has 0 bridgehead atoms. The number of thiophene rings is 1. The first kappa shape index (κ1) is 16.2. The van der Waals surface area contributed by atoms with Crippen molar-refractivity contribution in [3.8, 4) is 0 Å². The van der Waals surface area contributed by atoms with Gasteiger partial charge in [0.25, 0.3) is 5.56 Å². The van der Waals surface area contributed by atoms with Gasteiger partial charge in [0.2, 0.25) is 0 Å². The molecule has 0 fully saturated rings. The Hall–Kier alpha value is -1.69. The minimum atomic E-state index is -0.389. The van der Waals surface area contributed by atoms with Gasteiger partial charge in [-0.2, -0.15) is 0 Å². The Morgan fingerprint density at radius 2 is 2.30 bits per heavy atom. The molecule has 1 unspecified atom stereocenters. The molecule has 0 aromatic carbocycles. The number of hydrogen-bond acceptors (Lipinski definition) is 5. The summed E-state index contributed by atoms with van der Waals surface area (Å²) < 4.78 is 6.53. The van der Waals surface area contributed by atoms with E-state index in [4.69, 9.17) is 4.74 Å². The van der Waals surface area contributed by atoms with Crippen LogP contribution in [-0.2, 0) is 28.9 Å². The fourth-order valence-corrected chi connectivity index (χ4v) is 4.26.